The number of anilines is 1. The Morgan fingerprint density at radius 3 is 2.78 bits per heavy atom. The van der Waals surface area contributed by atoms with Crippen LogP contribution in [0.2, 0.25) is 0 Å². The number of nitrogens with zero attached hydrogens (tertiary/aromatic N) is 2. The number of piperidine rings is 1. The van der Waals surface area contributed by atoms with E-state index in [2.05, 4.69) is 9.88 Å². The number of hydrogen-bond donors (Lipinski definition) is 0. The van der Waals surface area contributed by atoms with Gasteiger partial charge in [-0.3, -0.25) is 0 Å². The number of halogens is 1. The number of rotatable bonds is 4. The van der Waals surface area contributed by atoms with E-state index in [1.54, 1.807) is 0 Å². The first kappa shape index (κ1) is 13.5. The van der Waals surface area contributed by atoms with Gasteiger partial charge in [-0.05, 0) is 44.7 Å². The summed E-state index contributed by atoms with van der Waals surface area (Å²) in [6, 6.07) is 3.92. The van der Waals surface area contributed by atoms with Gasteiger partial charge in [-0.15, -0.1) is 11.6 Å². The summed E-state index contributed by atoms with van der Waals surface area (Å²) < 4.78 is 5.82. The van der Waals surface area contributed by atoms with Crippen molar-refractivity contribution in [2.75, 3.05) is 23.9 Å². The lowest BCUT2D eigenvalue weighted by atomic mass is 9.99. The van der Waals surface area contributed by atoms with Crippen molar-refractivity contribution in [2.24, 2.45) is 5.92 Å². The predicted octanol–water partition coefficient (Wildman–Crippen LogP) is 3.32. The molecule has 1 aliphatic heterocycles. The van der Waals surface area contributed by atoms with Crippen LogP contribution in [0.3, 0.4) is 0 Å². The minimum absolute atomic E-state index is 0.174. The van der Waals surface area contributed by atoms with E-state index in [1.165, 1.54) is 0 Å². The zero-order valence-corrected chi connectivity index (χ0v) is 11.9. The third-order valence-corrected chi connectivity index (χ3v) is 3.68. The minimum Gasteiger partial charge on any atom is -0.487 e. The van der Waals surface area contributed by atoms with Crippen molar-refractivity contribution in [3.63, 3.8) is 0 Å². The maximum absolute atomic E-state index is 5.92. The fourth-order valence-corrected chi connectivity index (χ4v) is 2.57. The van der Waals surface area contributed by atoms with Gasteiger partial charge in [0.05, 0.1) is 6.10 Å². The third kappa shape index (κ3) is 3.29. The van der Waals surface area contributed by atoms with Crippen molar-refractivity contribution in [3.8, 4) is 5.75 Å². The number of pyridine rings is 1. The van der Waals surface area contributed by atoms with Gasteiger partial charge in [0.2, 0.25) is 0 Å². The summed E-state index contributed by atoms with van der Waals surface area (Å²) in [5.41, 5.74) is 0. The minimum atomic E-state index is 0.174. The third-order valence-electron chi connectivity index (χ3n) is 3.25. The molecule has 18 heavy (non-hydrogen) atoms. The van der Waals surface area contributed by atoms with Crippen LogP contribution in [0.1, 0.15) is 26.7 Å². The highest BCUT2D eigenvalue weighted by molar-refractivity contribution is 6.18. The van der Waals surface area contributed by atoms with Gasteiger partial charge in [0.15, 0.2) is 11.6 Å². The highest BCUT2D eigenvalue weighted by Crippen LogP contribution is 2.30. The lowest BCUT2D eigenvalue weighted by Crippen LogP contribution is -2.35. The first-order chi connectivity index (χ1) is 8.70. The Balaban J connectivity index is 2.08. The van der Waals surface area contributed by atoms with E-state index in [0.717, 1.165) is 43.4 Å². The molecule has 100 valence electrons. The topological polar surface area (TPSA) is 25.4 Å². The Kier molecular flexibility index (Phi) is 4.70. The fourth-order valence-electron chi connectivity index (χ4n) is 2.26. The number of hydrogen-bond acceptors (Lipinski definition) is 3. The van der Waals surface area contributed by atoms with E-state index in [9.17, 15) is 0 Å². The second kappa shape index (κ2) is 6.28. The largest absolute Gasteiger partial charge is 0.487 e. The molecule has 0 spiro atoms. The van der Waals surface area contributed by atoms with Gasteiger partial charge < -0.3 is 9.64 Å². The summed E-state index contributed by atoms with van der Waals surface area (Å²) in [4.78, 5) is 6.78. The van der Waals surface area contributed by atoms with E-state index >= 15 is 0 Å². The van der Waals surface area contributed by atoms with Crippen molar-refractivity contribution < 1.29 is 4.74 Å². The zero-order chi connectivity index (χ0) is 13.0. The van der Waals surface area contributed by atoms with E-state index in [0.29, 0.717) is 5.92 Å². The Bertz CT molecular complexity index is 376. The Morgan fingerprint density at radius 2 is 2.17 bits per heavy atom. The molecular formula is C14H21ClN2O. The molecule has 2 heterocycles. The van der Waals surface area contributed by atoms with E-state index < -0.39 is 0 Å². The van der Waals surface area contributed by atoms with Crippen molar-refractivity contribution in [2.45, 2.75) is 32.8 Å². The van der Waals surface area contributed by atoms with Crippen LogP contribution in [-0.4, -0.2) is 30.1 Å². The smallest absolute Gasteiger partial charge is 0.171 e. The van der Waals surface area contributed by atoms with Gasteiger partial charge in [-0.25, -0.2) is 4.98 Å². The predicted molar refractivity (Wildman–Crippen MR) is 75.7 cm³/mol. The van der Waals surface area contributed by atoms with Crippen LogP contribution in [0, 0.1) is 5.92 Å². The molecule has 0 aromatic carbocycles. The van der Waals surface area contributed by atoms with E-state index in [4.69, 9.17) is 16.3 Å². The molecule has 2 rings (SSSR count). The Hall–Kier alpha value is -0.960. The molecule has 0 unspecified atom stereocenters. The quantitative estimate of drug-likeness (QED) is 0.784. The SMILES string of the molecule is CC(C)Oc1cccnc1N1CCC(CCl)CC1. The molecule has 0 radical (unpaired) electrons. The van der Waals surface area contributed by atoms with Gasteiger partial charge in [0.25, 0.3) is 0 Å². The molecule has 0 N–H and O–H groups in total. The molecule has 1 aromatic rings. The fraction of sp³-hybridized carbons (Fsp3) is 0.643. The number of ether oxygens (including phenoxy) is 1. The molecule has 0 atom stereocenters. The summed E-state index contributed by atoms with van der Waals surface area (Å²) in [6.45, 7) is 6.11. The summed E-state index contributed by atoms with van der Waals surface area (Å²) in [5.74, 6) is 3.28. The molecule has 0 saturated carbocycles. The Morgan fingerprint density at radius 1 is 1.44 bits per heavy atom. The van der Waals surface area contributed by atoms with Crippen LogP contribution in [0.25, 0.3) is 0 Å². The Labute approximate surface area is 114 Å². The lowest BCUT2D eigenvalue weighted by molar-refractivity contribution is 0.241. The van der Waals surface area contributed by atoms with Crippen LogP contribution in [0.5, 0.6) is 5.75 Å². The number of alkyl halides is 1. The normalized spacial score (nSPS) is 17.2. The molecule has 0 bridgehead atoms. The molecule has 1 saturated heterocycles. The maximum Gasteiger partial charge on any atom is 0.171 e. The monoisotopic (exact) mass is 268 g/mol. The zero-order valence-electron chi connectivity index (χ0n) is 11.1. The van der Waals surface area contributed by atoms with Gasteiger partial charge in [-0.2, -0.15) is 0 Å². The second-order valence-electron chi connectivity index (χ2n) is 5.08. The van der Waals surface area contributed by atoms with Crippen molar-refractivity contribution in [3.05, 3.63) is 18.3 Å². The molecule has 1 aromatic heterocycles. The second-order valence-corrected chi connectivity index (χ2v) is 5.39. The van der Waals surface area contributed by atoms with Crippen LogP contribution in [-0.2, 0) is 0 Å². The number of aromatic nitrogens is 1. The van der Waals surface area contributed by atoms with Crippen LogP contribution in [0.15, 0.2) is 18.3 Å². The van der Waals surface area contributed by atoms with Crippen LogP contribution < -0.4 is 9.64 Å². The summed E-state index contributed by atoms with van der Waals surface area (Å²) in [7, 11) is 0. The van der Waals surface area contributed by atoms with Crippen molar-refractivity contribution >= 4 is 17.4 Å². The van der Waals surface area contributed by atoms with Gasteiger partial charge >= 0.3 is 0 Å². The molecule has 0 aliphatic carbocycles. The first-order valence-corrected chi connectivity index (χ1v) is 7.16. The maximum atomic E-state index is 5.92. The van der Waals surface area contributed by atoms with Crippen molar-refractivity contribution in [1.82, 2.24) is 4.98 Å². The lowest BCUT2D eigenvalue weighted by Gasteiger charge is -2.33. The summed E-state index contributed by atoms with van der Waals surface area (Å²) >= 11 is 5.92. The molecule has 0 amide bonds. The van der Waals surface area contributed by atoms with E-state index in [1.807, 2.05) is 32.2 Å². The molecule has 4 heteroatoms. The first-order valence-electron chi connectivity index (χ1n) is 6.63. The molecule has 1 fully saturated rings. The molecular weight excluding hydrogens is 248 g/mol. The molecule has 3 nitrogen and oxygen atoms in total. The van der Waals surface area contributed by atoms with Crippen molar-refractivity contribution in [1.29, 1.82) is 0 Å². The highest BCUT2D eigenvalue weighted by atomic mass is 35.5. The van der Waals surface area contributed by atoms with Crippen LogP contribution >= 0.6 is 11.6 Å². The molecule has 1 aliphatic rings. The summed E-state index contributed by atoms with van der Waals surface area (Å²) in [5, 5.41) is 0. The standard InChI is InChI=1S/C14H21ClN2O/c1-11(2)18-13-4-3-7-16-14(13)17-8-5-12(10-15)6-9-17/h3-4,7,11-12H,5-6,8-10H2,1-2H3. The van der Waals surface area contributed by atoms with Gasteiger partial charge in [-0.1, -0.05) is 0 Å². The summed E-state index contributed by atoms with van der Waals surface area (Å²) in [6.07, 6.45) is 4.28. The van der Waals surface area contributed by atoms with Gasteiger partial charge in [0, 0.05) is 25.2 Å². The van der Waals surface area contributed by atoms with Crippen LogP contribution in [0.4, 0.5) is 5.82 Å². The van der Waals surface area contributed by atoms with Gasteiger partial charge in [0.1, 0.15) is 0 Å². The average Bonchev–Trinajstić information content (AvgIpc) is 2.39. The highest BCUT2D eigenvalue weighted by Gasteiger charge is 2.21. The van der Waals surface area contributed by atoms with E-state index in [-0.39, 0.29) is 6.10 Å². The average molecular weight is 269 g/mol.